The molecule has 4 N–H and O–H groups in total. The maximum atomic E-state index is 13.7. The van der Waals surface area contributed by atoms with Gasteiger partial charge < -0.3 is 25.7 Å². The summed E-state index contributed by atoms with van der Waals surface area (Å²) in [6, 6.07) is 7.46. The van der Waals surface area contributed by atoms with Crippen LogP contribution in [-0.4, -0.2) is 72.0 Å². The van der Waals surface area contributed by atoms with Crippen molar-refractivity contribution in [2.24, 2.45) is 11.8 Å². The van der Waals surface area contributed by atoms with Crippen LogP contribution in [0.1, 0.15) is 64.4 Å². The molecule has 1 aliphatic heterocycles. The topological polar surface area (TPSA) is 139 Å². The van der Waals surface area contributed by atoms with Crippen molar-refractivity contribution in [3.63, 3.8) is 0 Å². The zero-order valence-electron chi connectivity index (χ0n) is 24.1. The second kappa shape index (κ2) is 12.5. The first kappa shape index (κ1) is 30.0. The quantitative estimate of drug-likeness (QED) is 0.347. The lowest BCUT2D eigenvalue weighted by molar-refractivity contribution is -0.126. The van der Waals surface area contributed by atoms with Crippen molar-refractivity contribution in [2.75, 3.05) is 20.7 Å². The maximum Gasteiger partial charge on any atom is 0.268 e. The number of ether oxygens (including phenoxy) is 1. The number of rotatable bonds is 11. The van der Waals surface area contributed by atoms with E-state index in [1.807, 2.05) is 64.8 Å². The van der Waals surface area contributed by atoms with Gasteiger partial charge in [0.1, 0.15) is 23.5 Å². The number of fused-ring (bicyclic) bond motifs is 1. The standard InChI is InChI=1S/C29H42N6O4/c1-17(2)13-22(34-28(38)23-15-19-20(32-23)9-8-10-25(19)39-7)27(37)33-21(14-18-11-12-31-26(18)36)24(16-30)35(6)29(3,4)5/h8-10,15,17-18,21-22,24,32H,11-14H2,1-7H3,(H,31,36)(H,33,37)(H,34,38)/t18-,21-,22-,24?/m0/s1. The lowest BCUT2D eigenvalue weighted by Crippen LogP contribution is -2.59. The number of nitriles is 1. The summed E-state index contributed by atoms with van der Waals surface area (Å²) < 4.78 is 5.40. The van der Waals surface area contributed by atoms with E-state index in [0.29, 0.717) is 37.3 Å². The molecule has 0 radical (unpaired) electrons. The summed E-state index contributed by atoms with van der Waals surface area (Å²) in [4.78, 5) is 44.4. The monoisotopic (exact) mass is 538 g/mol. The largest absolute Gasteiger partial charge is 0.496 e. The predicted molar refractivity (Wildman–Crippen MR) is 150 cm³/mol. The van der Waals surface area contributed by atoms with Crippen molar-refractivity contribution in [2.45, 2.75) is 77.5 Å². The van der Waals surface area contributed by atoms with Gasteiger partial charge in [-0.25, -0.2) is 0 Å². The van der Waals surface area contributed by atoms with Crippen molar-refractivity contribution in [3.8, 4) is 11.8 Å². The van der Waals surface area contributed by atoms with E-state index >= 15 is 0 Å². The second-order valence-electron chi connectivity index (χ2n) is 11.7. The summed E-state index contributed by atoms with van der Waals surface area (Å²) in [6.07, 6.45) is 1.39. The number of methoxy groups -OCH3 is 1. The maximum absolute atomic E-state index is 13.7. The SMILES string of the molecule is COc1cccc2[nH]c(C(=O)N[C@@H](CC(C)C)C(=O)N[C@@H](C[C@@H]3CCNC3=O)C(C#N)N(C)C(C)(C)C)cc12. The van der Waals surface area contributed by atoms with Crippen LogP contribution in [0.2, 0.25) is 0 Å². The Hall–Kier alpha value is -3.58. The van der Waals surface area contributed by atoms with E-state index in [2.05, 4.69) is 27.0 Å². The zero-order valence-corrected chi connectivity index (χ0v) is 24.1. The molecule has 212 valence electrons. The molecule has 0 spiro atoms. The molecule has 0 bridgehead atoms. The van der Waals surface area contributed by atoms with Crippen LogP contribution in [0.3, 0.4) is 0 Å². The lowest BCUT2D eigenvalue weighted by Gasteiger charge is -2.40. The van der Waals surface area contributed by atoms with Crippen molar-refractivity contribution in [1.29, 1.82) is 5.26 Å². The number of hydrogen-bond donors (Lipinski definition) is 4. The molecule has 0 saturated carbocycles. The Bertz CT molecular complexity index is 1220. The fourth-order valence-electron chi connectivity index (χ4n) is 4.96. The first-order valence-electron chi connectivity index (χ1n) is 13.5. The Morgan fingerprint density at radius 1 is 1.26 bits per heavy atom. The minimum Gasteiger partial charge on any atom is -0.496 e. The Balaban J connectivity index is 1.85. The number of carbonyl (C=O) groups is 3. The van der Waals surface area contributed by atoms with E-state index in [9.17, 15) is 19.6 Å². The highest BCUT2D eigenvalue weighted by Gasteiger charge is 2.38. The van der Waals surface area contributed by atoms with Crippen LogP contribution in [0.15, 0.2) is 24.3 Å². The smallest absolute Gasteiger partial charge is 0.268 e. The number of H-pyrrole nitrogens is 1. The first-order valence-corrected chi connectivity index (χ1v) is 13.5. The van der Waals surface area contributed by atoms with Crippen LogP contribution >= 0.6 is 0 Å². The molecule has 10 nitrogen and oxygen atoms in total. The number of nitrogens with zero attached hydrogens (tertiary/aromatic N) is 2. The highest BCUT2D eigenvalue weighted by atomic mass is 16.5. The van der Waals surface area contributed by atoms with E-state index in [-0.39, 0.29) is 29.2 Å². The summed E-state index contributed by atoms with van der Waals surface area (Å²) in [5.74, 6) is -0.388. The van der Waals surface area contributed by atoms with Crippen LogP contribution < -0.4 is 20.7 Å². The van der Waals surface area contributed by atoms with E-state index in [0.717, 1.165) is 10.9 Å². The van der Waals surface area contributed by atoms with Gasteiger partial charge in [-0.3, -0.25) is 19.3 Å². The van der Waals surface area contributed by atoms with Crippen LogP contribution in [0.25, 0.3) is 10.9 Å². The molecule has 1 fully saturated rings. The van der Waals surface area contributed by atoms with E-state index in [1.165, 1.54) is 0 Å². The van der Waals surface area contributed by atoms with E-state index in [1.54, 1.807) is 13.2 Å². The Morgan fingerprint density at radius 3 is 2.54 bits per heavy atom. The normalized spacial score (nSPS) is 17.9. The van der Waals surface area contributed by atoms with Crippen LogP contribution in [-0.2, 0) is 9.59 Å². The molecule has 2 aromatic rings. The number of aromatic nitrogens is 1. The molecular formula is C29H42N6O4. The van der Waals surface area contributed by atoms with Crippen LogP contribution in [0.4, 0.5) is 0 Å². The van der Waals surface area contributed by atoms with Gasteiger partial charge in [-0.15, -0.1) is 0 Å². The van der Waals surface area contributed by atoms with Crippen molar-refractivity contribution in [3.05, 3.63) is 30.0 Å². The Labute approximate surface area is 230 Å². The highest BCUT2D eigenvalue weighted by Crippen LogP contribution is 2.26. The third-order valence-electron chi connectivity index (χ3n) is 7.44. The highest BCUT2D eigenvalue weighted by molar-refractivity contribution is 6.01. The molecule has 1 aliphatic rings. The first-order chi connectivity index (χ1) is 18.3. The van der Waals surface area contributed by atoms with Crippen molar-refractivity contribution < 1.29 is 19.1 Å². The van der Waals surface area contributed by atoms with Gasteiger partial charge in [-0.2, -0.15) is 5.26 Å². The number of hydrogen-bond acceptors (Lipinski definition) is 6. The van der Waals surface area contributed by atoms with Gasteiger partial charge in [0.25, 0.3) is 5.91 Å². The molecule has 1 saturated heterocycles. The van der Waals surface area contributed by atoms with Crippen molar-refractivity contribution >= 4 is 28.6 Å². The second-order valence-corrected chi connectivity index (χ2v) is 11.7. The van der Waals surface area contributed by atoms with Gasteiger partial charge in [-0.05, 0) is 71.2 Å². The van der Waals surface area contributed by atoms with Gasteiger partial charge in [0.2, 0.25) is 11.8 Å². The fraction of sp³-hybridized carbons (Fsp3) is 0.586. The lowest BCUT2D eigenvalue weighted by atomic mass is 9.91. The summed E-state index contributed by atoms with van der Waals surface area (Å²) in [5.41, 5.74) is 0.725. The average Bonchev–Trinajstić information content (AvgIpc) is 3.49. The molecule has 1 unspecified atom stereocenters. The number of benzene rings is 1. The van der Waals surface area contributed by atoms with Crippen molar-refractivity contribution in [1.82, 2.24) is 25.8 Å². The molecule has 3 amide bonds. The summed E-state index contributed by atoms with van der Waals surface area (Å²) >= 11 is 0. The molecule has 4 atom stereocenters. The molecule has 1 aromatic carbocycles. The molecule has 10 heteroatoms. The Morgan fingerprint density at radius 2 is 1.97 bits per heavy atom. The van der Waals surface area contributed by atoms with Gasteiger partial charge in [-0.1, -0.05) is 19.9 Å². The van der Waals surface area contributed by atoms with Gasteiger partial charge in [0, 0.05) is 28.9 Å². The molecule has 2 heterocycles. The average molecular weight is 539 g/mol. The number of likely N-dealkylation sites (N-methyl/N-ethyl adjacent to an activating group) is 1. The third kappa shape index (κ3) is 7.30. The summed E-state index contributed by atoms with van der Waals surface area (Å²) in [6.45, 7) is 10.5. The van der Waals surface area contributed by atoms with Crippen LogP contribution in [0, 0.1) is 23.2 Å². The molecule has 3 rings (SSSR count). The fourth-order valence-corrected chi connectivity index (χ4v) is 4.96. The third-order valence-corrected chi connectivity index (χ3v) is 7.44. The van der Waals surface area contributed by atoms with E-state index in [4.69, 9.17) is 4.74 Å². The summed E-state index contributed by atoms with van der Waals surface area (Å²) in [7, 11) is 3.42. The summed E-state index contributed by atoms with van der Waals surface area (Å²) in [5, 5.41) is 19.7. The molecule has 39 heavy (non-hydrogen) atoms. The Kier molecular flexibility index (Phi) is 9.62. The predicted octanol–water partition coefficient (Wildman–Crippen LogP) is 2.95. The number of carbonyl (C=O) groups excluding carboxylic acids is 3. The van der Waals surface area contributed by atoms with Crippen LogP contribution in [0.5, 0.6) is 5.75 Å². The van der Waals surface area contributed by atoms with E-state index < -0.39 is 24.0 Å². The minimum atomic E-state index is -0.829. The minimum absolute atomic E-state index is 0.0642. The van der Waals surface area contributed by atoms with Gasteiger partial charge in [0.05, 0.1) is 19.2 Å². The van der Waals surface area contributed by atoms with Gasteiger partial charge >= 0.3 is 0 Å². The number of aromatic amines is 1. The molecule has 0 aliphatic carbocycles. The zero-order chi connectivity index (χ0) is 28.9. The molecule has 1 aromatic heterocycles. The number of amides is 3. The molecular weight excluding hydrogens is 496 g/mol. The van der Waals surface area contributed by atoms with Gasteiger partial charge in [0.15, 0.2) is 0 Å². The number of nitrogens with one attached hydrogen (secondary N) is 4.